The molecule has 2 amide bonds. The third kappa shape index (κ3) is 3.43. The molecule has 152 valence electrons. The number of rotatable bonds is 3. The van der Waals surface area contributed by atoms with Crippen molar-refractivity contribution in [2.45, 2.75) is 20.8 Å². The highest BCUT2D eigenvalue weighted by Gasteiger charge is 2.20. The van der Waals surface area contributed by atoms with E-state index in [0.29, 0.717) is 45.1 Å². The van der Waals surface area contributed by atoms with E-state index in [4.69, 9.17) is 4.42 Å². The Kier molecular flexibility index (Phi) is 4.83. The van der Waals surface area contributed by atoms with E-state index in [2.05, 4.69) is 20.9 Å². The number of nitrogens with zero attached hydrogens (tertiary/aromatic N) is 3. The Hall–Kier alpha value is -3.94. The summed E-state index contributed by atoms with van der Waals surface area (Å²) in [5, 5.41) is 5.04. The first kappa shape index (κ1) is 19.4. The molecular weight excluding hydrogens is 382 g/mol. The van der Waals surface area contributed by atoms with Crippen LogP contribution in [0.3, 0.4) is 0 Å². The lowest BCUT2D eigenvalue weighted by Gasteiger charge is -2.10. The highest BCUT2D eigenvalue weighted by molar-refractivity contribution is 6.08. The summed E-state index contributed by atoms with van der Waals surface area (Å²) in [4.78, 5) is 30.1. The van der Waals surface area contributed by atoms with E-state index in [1.165, 1.54) is 0 Å². The molecule has 4 rings (SSSR count). The fourth-order valence-corrected chi connectivity index (χ4v) is 3.49. The van der Waals surface area contributed by atoms with Crippen LogP contribution in [0.2, 0.25) is 0 Å². The van der Waals surface area contributed by atoms with Crippen molar-refractivity contribution < 1.29 is 14.0 Å². The first-order valence-corrected chi connectivity index (χ1v) is 9.42. The second-order valence-electron chi connectivity index (χ2n) is 7.06. The molecule has 3 heterocycles. The molecule has 0 fully saturated rings. The van der Waals surface area contributed by atoms with Gasteiger partial charge in [0, 0.05) is 12.6 Å². The summed E-state index contributed by atoms with van der Waals surface area (Å²) >= 11 is 0. The Morgan fingerprint density at radius 1 is 0.967 bits per heavy atom. The van der Waals surface area contributed by atoms with E-state index in [0.717, 1.165) is 5.56 Å². The van der Waals surface area contributed by atoms with Crippen molar-refractivity contribution in [3.8, 4) is 11.3 Å². The van der Waals surface area contributed by atoms with Crippen LogP contribution in [-0.2, 0) is 7.05 Å². The number of fused-ring (bicyclic) bond motifs is 1. The average Bonchev–Trinajstić information content (AvgIpc) is 3.23. The third-order valence-electron chi connectivity index (χ3n) is 4.86. The summed E-state index contributed by atoms with van der Waals surface area (Å²) in [7, 11) is 1.78. The standard InChI is InChI=1S/C22H21N5O3/c1-12-10-16(14(3)30-12)21(28)24-25-22(29)17-11-18(15-8-6-5-7-9-15)23-20-19(17)13(2)26-27(20)4/h5-11H,1-4H3,(H,24,28)(H,25,29). The Morgan fingerprint density at radius 2 is 1.63 bits per heavy atom. The predicted molar refractivity (Wildman–Crippen MR) is 112 cm³/mol. The normalized spacial score (nSPS) is 10.9. The second kappa shape index (κ2) is 7.47. The molecule has 0 bridgehead atoms. The number of benzene rings is 1. The van der Waals surface area contributed by atoms with Gasteiger partial charge >= 0.3 is 0 Å². The zero-order valence-electron chi connectivity index (χ0n) is 17.1. The lowest BCUT2D eigenvalue weighted by atomic mass is 10.1. The summed E-state index contributed by atoms with van der Waals surface area (Å²) in [6.07, 6.45) is 0. The molecule has 0 radical (unpaired) electrons. The van der Waals surface area contributed by atoms with Crippen molar-refractivity contribution in [1.82, 2.24) is 25.6 Å². The number of carbonyl (C=O) groups excluding carboxylic acids is 2. The van der Waals surface area contributed by atoms with Gasteiger partial charge in [0.15, 0.2) is 5.65 Å². The van der Waals surface area contributed by atoms with Crippen LogP contribution < -0.4 is 10.9 Å². The minimum Gasteiger partial charge on any atom is -0.466 e. The summed E-state index contributed by atoms with van der Waals surface area (Å²) < 4.78 is 7.02. The number of aryl methyl sites for hydroxylation is 4. The number of carbonyl (C=O) groups is 2. The maximum Gasteiger partial charge on any atom is 0.273 e. The largest absolute Gasteiger partial charge is 0.466 e. The summed E-state index contributed by atoms with van der Waals surface area (Å²) in [6, 6.07) is 12.9. The van der Waals surface area contributed by atoms with Gasteiger partial charge < -0.3 is 4.42 Å². The Bertz CT molecular complexity index is 1270. The Labute approximate surface area is 172 Å². The molecule has 0 saturated heterocycles. The van der Waals surface area contributed by atoms with Gasteiger partial charge in [0.2, 0.25) is 0 Å². The lowest BCUT2D eigenvalue weighted by Crippen LogP contribution is -2.41. The summed E-state index contributed by atoms with van der Waals surface area (Å²) in [6.45, 7) is 5.27. The number of pyridine rings is 1. The van der Waals surface area contributed by atoms with Crippen LogP contribution in [0, 0.1) is 20.8 Å². The highest BCUT2D eigenvalue weighted by atomic mass is 16.3. The smallest absolute Gasteiger partial charge is 0.273 e. The molecule has 30 heavy (non-hydrogen) atoms. The minimum atomic E-state index is -0.457. The molecule has 0 saturated carbocycles. The molecule has 3 aromatic heterocycles. The second-order valence-corrected chi connectivity index (χ2v) is 7.06. The Morgan fingerprint density at radius 3 is 2.27 bits per heavy atom. The van der Waals surface area contributed by atoms with Crippen LogP contribution in [0.5, 0.6) is 0 Å². The van der Waals surface area contributed by atoms with Crippen molar-refractivity contribution in [3.63, 3.8) is 0 Å². The topological polar surface area (TPSA) is 102 Å². The number of hydrogen-bond donors (Lipinski definition) is 2. The number of amides is 2. The monoisotopic (exact) mass is 403 g/mol. The molecule has 8 nitrogen and oxygen atoms in total. The van der Waals surface area contributed by atoms with Gasteiger partial charge in [-0.05, 0) is 32.9 Å². The van der Waals surface area contributed by atoms with Gasteiger partial charge in [0.1, 0.15) is 11.5 Å². The zero-order valence-corrected chi connectivity index (χ0v) is 17.1. The van der Waals surface area contributed by atoms with Crippen LogP contribution in [0.25, 0.3) is 22.3 Å². The van der Waals surface area contributed by atoms with Crippen LogP contribution >= 0.6 is 0 Å². The van der Waals surface area contributed by atoms with E-state index in [-0.39, 0.29) is 0 Å². The van der Waals surface area contributed by atoms with Crippen molar-refractivity contribution in [3.05, 3.63) is 70.8 Å². The number of hydrazine groups is 1. The van der Waals surface area contributed by atoms with E-state index < -0.39 is 11.8 Å². The first-order chi connectivity index (χ1) is 14.3. The van der Waals surface area contributed by atoms with Crippen LogP contribution in [0.4, 0.5) is 0 Å². The molecule has 0 atom stereocenters. The van der Waals surface area contributed by atoms with Crippen LogP contribution in [-0.4, -0.2) is 26.6 Å². The van der Waals surface area contributed by atoms with E-state index >= 15 is 0 Å². The molecule has 0 unspecified atom stereocenters. The number of hydrogen-bond acceptors (Lipinski definition) is 5. The molecule has 0 aliphatic heterocycles. The van der Waals surface area contributed by atoms with Gasteiger partial charge in [-0.25, -0.2) is 4.98 Å². The number of furan rings is 1. The fourth-order valence-electron chi connectivity index (χ4n) is 3.49. The SMILES string of the molecule is Cc1cc(C(=O)NNC(=O)c2cc(-c3ccccc3)nc3c2c(C)nn3C)c(C)o1. The quantitative estimate of drug-likeness (QED) is 0.512. The Balaban J connectivity index is 1.69. The molecule has 0 aliphatic rings. The van der Waals surface area contributed by atoms with E-state index in [9.17, 15) is 9.59 Å². The van der Waals surface area contributed by atoms with E-state index in [1.807, 2.05) is 37.3 Å². The van der Waals surface area contributed by atoms with Gasteiger partial charge in [-0.15, -0.1) is 0 Å². The van der Waals surface area contributed by atoms with Crippen molar-refractivity contribution in [1.29, 1.82) is 0 Å². The molecule has 0 aliphatic carbocycles. The van der Waals surface area contributed by atoms with Gasteiger partial charge in [-0.2, -0.15) is 5.10 Å². The minimum absolute atomic E-state index is 0.371. The highest BCUT2D eigenvalue weighted by Crippen LogP contribution is 2.26. The average molecular weight is 403 g/mol. The molecule has 4 aromatic rings. The molecule has 2 N–H and O–H groups in total. The molecular formula is C22H21N5O3. The first-order valence-electron chi connectivity index (χ1n) is 9.42. The molecule has 8 heteroatoms. The van der Waals surface area contributed by atoms with Gasteiger partial charge in [-0.3, -0.25) is 25.1 Å². The van der Waals surface area contributed by atoms with Gasteiger partial charge in [-0.1, -0.05) is 30.3 Å². The van der Waals surface area contributed by atoms with E-state index in [1.54, 1.807) is 37.7 Å². The fraction of sp³-hybridized carbons (Fsp3) is 0.182. The summed E-state index contributed by atoms with van der Waals surface area (Å²) in [5.41, 5.74) is 8.49. The predicted octanol–water partition coefficient (Wildman–Crippen LogP) is 3.23. The molecule has 0 spiro atoms. The van der Waals surface area contributed by atoms with Gasteiger partial charge in [0.05, 0.1) is 27.9 Å². The molecule has 1 aromatic carbocycles. The van der Waals surface area contributed by atoms with Gasteiger partial charge in [0.25, 0.3) is 11.8 Å². The maximum absolute atomic E-state index is 13.0. The van der Waals surface area contributed by atoms with Crippen molar-refractivity contribution in [2.75, 3.05) is 0 Å². The van der Waals surface area contributed by atoms with Crippen LogP contribution in [0.15, 0.2) is 46.9 Å². The maximum atomic E-state index is 13.0. The van der Waals surface area contributed by atoms with Crippen molar-refractivity contribution in [2.24, 2.45) is 7.05 Å². The van der Waals surface area contributed by atoms with Crippen LogP contribution in [0.1, 0.15) is 37.9 Å². The van der Waals surface area contributed by atoms with Crippen molar-refractivity contribution >= 4 is 22.8 Å². The summed E-state index contributed by atoms with van der Waals surface area (Å²) in [5.74, 6) is 0.203. The number of nitrogens with one attached hydrogen (secondary N) is 2. The zero-order chi connectivity index (χ0) is 21.4. The lowest BCUT2D eigenvalue weighted by molar-refractivity contribution is 0.0846. The third-order valence-corrected chi connectivity index (χ3v) is 4.86. The number of aromatic nitrogens is 3.